The molecular weight excluding hydrogens is 326 g/mol. The van der Waals surface area contributed by atoms with Crippen LogP contribution in [0, 0.1) is 0 Å². The van der Waals surface area contributed by atoms with Crippen LogP contribution in [0.15, 0.2) is 84.9 Å². The van der Waals surface area contributed by atoms with Crippen LogP contribution >= 0.6 is 0 Å². The molecule has 0 aromatic heterocycles. The van der Waals surface area contributed by atoms with Gasteiger partial charge in [-0.15, -0.1) is 0 Å². The Morgan fingerprint density at radius 1 is 0.846 bits per heavy atom. The van der Waals surface area contributed by atoms with Crippen LogP contribution in [0.2, 0.25) is 0 Å². The van der Waals surface area contributed by atoms with Crippen molar-refractivity contribution in [3.05, 3.63) is 96.1 Å². The fourth-order valence-electron chi connectivity index (χ4n) is 2.63. The molecule has 4 nitrogen and oxygen atoms in total. The fourth-order valence-corrected chi connectivity index (χ4v) is 2.63. The molecule has 3 aromatic carbocycles. The van der Waals surface area contributed by atoms with E-state index in [9.17, 15) is 9.90 Å². The molecule has 0 bridgehead atoms. The molecule has 0 aliphatic heterocycles. The first-order chi connectivity index (χ1) is 12.7. The molecule has 0 aliphatic rings. The standard InChI is InChI=1S/C22H21NO3/c24-20-13-11-19(12-14-20)23-21(15-17-7-3-1-4-8-17)22(25)26-16-18-9-5-2-6-10-18/h1-14,21,23-24H,15-16H2. The molecule has 4 heteroatoms. The zero-order chi connectivity index (χ0) is 18.2. The minimum absolute atomic E-state index is 0.182. The SMILES string of the molecule is O=C(OCc1ccccc1)C(Cc1ccccc1)Nc1ccc(O)cc1. The number of ether oxygens (including phenoxy) is 1. The van der Waals surface area contributed by atoms with Gasteiger partial charge in [0.25, 0.3) is 0 Å². The van der Waals surface area contributed by atoms with E-state index in [1.807, 2.05) is 60.7 Å². The third kappa shape index (κ3) is 5.11. The summed E-state index contributed by atoms with van der Waals surface area (Å²) in [5.74, 6) is -0.132. The number of benzene rings is 3. The Labute approximate surface area is 153 Å². The van der Waals surface area contributed by atoms with Crippen molar-refractivity contribution in [1.82, 2.24) is 0 Å². The van der Waals surface area contributed by atoms with Gasteiger partial charge in [0.2, 0.25) is 0 Å². The topological polar surface area (TPSA) is 58.6 Å². The van der Waals surface area contributed by atoms with E-state index in [-0.39, 0.29) is 18.3 Å². The quantitative estimate of drug-likeness (QED) is 0.498. The summed E-state index contributed by atoms with van der Waals surface area (Å²) in [6.07, 6.45) is 0.509. The van der Waals surface area contributed by atoms with Crippen molar-refractivity contribution in [2.75, 3.05) is 5.32 Å². The molecule has 1 atom stereocenters. The first kappa shape index (κ1) is 17.5. The Kier molecular flexibility index (Phi) is 5.88. The molecule has 0 heterocycles. The molecule has 26 heavy (non-hydrogen) atoms. The number of hydrogen-bond donors (Lipinski definition) is 2. The molecule has 0 spiro atoms. The average Bonchev–Trinajstić information content (AvgIpc) is 2.69. The maximum absolute atomic E-state index is 12.7. The van der Waals surface area contributed by atoms with Gasteiger partial charge in [0.15, 0.2) is 0 Å². The molecule has 0 saturated heterocycles. The van der Waals surface area contributed by atoms with Crippen molar-refractivity contribution < 1.29 is 14.6 Å². The molecule has 132 valence electrons. The highest BCUT2D eigenvalue weighted by Crippen LogP contribution is 2.17. The van der Waals surface area contributed by atoms with Crippen molar-refractivity contribution in [1.29, 1.82) is 0 Å². The highest BCUT2D eigenvalue weighted by molar-refractivity contribution is 5.79. The minimum Gasteiger partial charge on any atom is -0.508 e. The molecule has 3 rings (SSSR count). The van der Waals surface area contributed by atoms with E-state index in [0.717, 1.165) is 16.8 Å². The second-order valence-electron chi connectivity index (χ2n) is 6.03. The van der Waals surface area contributed by atoms with Crippen LogP contribution in [0.5, 0.6) is 5.75 Å². The highest BCUT2D eigenvalue weighted by Gasteiger charge is 2.20. The Balaban J connectivity index is 1.70. The number of anilines is 1. The second kappa shape index (κ2) is 8.72. The van der Waals surface area contributed by atoms with Gasteiger partial charge in [0.05, 0.1) is 0 Å². The number of nitrogens with one attached hydrogen (secondary N) is 1. The summed E-state index contributed by atoms with van der Waals surface area (Å²) in [6, 6.07) is 25.5. The fraction of sp³-hybridized carbons (Fsp3) is 0.136. The second-order valence-corrected chi connectivity index (χ2v) is 6.03. The summed E-state index contributed by atoms with van der Waals surface area (Å²) >= 11 is 0. The van der Waals surface area contributed by atoms with Gasteiger partial charge in [-0.2, -0.15) is 0 Å². The summed E-state index contributed by atoms with van der Waals surface area (Å²) in [6.45, 7) is 0.238. The summed E-state index contributed by atoms with van der Waals surface area (Å²) < 4.78 is 5.51. The molecule has 0 amide bonds. The Morgan fingerprint density at radius 3 is 2.04 bits per heavy atom. The van der Waals surface area contributed by atoms with Gasteiger partial charge in [0, 0.05) is 12.1 Å². The normalized spacial score (nSPS) is 11.5. The lowest BCUT2D eigenvalue weighted by Gasteiger charge is -2.19. The molecule has 0 radical (unpaired) electrons. The zero-order valence-electron chi connectivity index (χ0n) is 14.3. The van der Waals surface area contributed by atoms with Gasteiger partial charge in [-0.1, -0.05) is 60.7 Å². The smallest absolute Gasteiger partial charge is 0.329 e. The van der Waals surface area contributed by atoms with Crippen molar-refractivity contribution >= 4 is 11.7 Å². The lowest BCUT2D eigenvalue weighted by atomic mass is 10.1. The number of hydrogen-bond acceptors (Lipinski definition) is 4. The summed E-state index contributed by atoms with van der Waals surface area (Å²) in [4.78, 5) is 12.7. The number of rotatable bonds is 7. The molecule has 0 fully saturated rings. The van der Waals surface area contributed by atoms with Gasteiger partial charge in [0.1, 0.15) is 18.4 Å². The van der Waals surface area contributed by atoms with E-state index in [1.165, 1.54) is 0 Å². The van der Waals surface area contributed by atoms with E-state index in [0.29, 0.717) is 6.42 Å². The predicted molar refractivity (Wildman–Crippen MR) is 102 cm³/mol. The Morgan fingerprint density at radius 2 is 1.42 bits per heavy atom. The van der Waals surface area contributed by atoms with Gasteiger partial charge in [-0.05, 0) is 35.4 Å². The van der Waals surface area contributed by atoms with Crippen LogP contribution in [0.25, 0.3) is 0 Å². The number of esters is 1. The van der Waals surface area contributed by atoms with E-state index in [2.05, 4.69) is 5.32 Å². The van der Waals surface area contributed by atoms with Gasteiger partial charge in [-0.25, -0.2) is 4.79 Å². The summed E-state index contributed by atoms with van der Waals surface area (Å²) in [5.41, 5.74) is 2.74. The van der Waals surface area contributed by atoms with E-state index < -0.39 is 6.04 Å². The van der Waals surface area contributed by atoms with E-state index in [4.69, 9.17) is 4.74 Å². The first-order valence-corrected chi connectivity index (χ1v) is 8.51. The summed E-state index contributed by atoms with van der Waals surface area (Å²) in [7, 11) is 0. The molecule has 0 aliphatic carbocycles. The molecular formula is C22H21NO3. The average molecular weight is 347 g/mol. The third-order valence-electron chi connectivity index (χ3n) is 4.00. The van der Waals surface area contributed by atoms with Crippen molar-refractivity contribution in [3.63, 3.8) is 0 Å². The van der Waals surface area contributed by atoms with E-state index in [1.54, 1.807) is 24.3 Å². The van der Waals surface area contributed by atoms with Crippen LogP contribution in [0.3, 0.4) is 0 Å². The van der Waals surface area contributed by atoms with Crippen LogP contribution in [0.1, 0.15) is 11.1 Å². The largest absolute Gasteiger partial charge is 0.508 e. The van der Waals surface area contributed by atoms with Gasteiger partial charge < -0.3 is 15.2 Å². The third-order valence-corrected chi connectivity index (χ3v) is 4.00. The van der Waals surface area contributed by atoms with Gasteiger partial charge >= 0.3 is 5.97 Å². The van der Waals surface area contributed by atoms with Crippen LogP contribution < -0.4 is 5.32 Å². The predicted octanol–water partition coefficient (Wildman–Crippen LogP) is 4.16. The number of aromatic hydroxyl groups is 1. The van der Waals surface area contributed by atoms with Crippen LogP contribution in [-0.2, 0) is 22.6 Å². The van der Waals surface area contributed by atoms with Crippen molar-refractivity contribution in [2.24, 2.45) is 0 Å². The maximum Gasteiger partial charge on any atom is 0.329 e. The monoisotopic (exact) mass is 347 g/mol. The van der Waals surface area contributed by atoms with Crippen LogP contribution in [0.4, 0.5) is 5.69 Å². The van der Waals surface area contributed by atoms with Crippen LogP contribution in [-0.4, -0.2) is 17.1 Å². The Hall–Kier alpha value is -3.27. The summed E-state index contributed by atoms with van der Waals surface area (Å²) in [5, 5.41) is 12.6. The number of phenols is 1. The Bertz CT molecular complexity index is 817. The molecule has 1 unspecified atom stereocenters. The lowest BCUT2D eigenvalue weighted by Crippen LogP contribution is -2.33. The van der Waals surface area contributed by atoms with Crippen molar-refractivity contribution in [2.45, 2.75) is 19.1 Å². The zero-order valence-corrected chi connectivity index (χ0v) is 14.3. The molecule has 3 aromatic rings. The van der Waals surface area contributed by atoms with Gasteiger partial charge in [-0.3, -0.25) is 0 Å². The number of carbonyl (C=O) groups is 1. The molecule has 0 saturated carbocycles. The number of phenolic OH excluding ortho intramolecular Hbond substituents is 1. The first-order valence-electron chi connectivity index (χ1n) is 8.51. The minimum atomic E-state index is -0.523. The highest BCUT2D eigenvalue weighted by atomic mass is 16.5. The lowest BCUT2D eigenvalue weighted by molar-refractivity contribution is -0.145. The maximum atomic E-state index is 12.7. The molecule has 2 N–H and O–H groups in total. The van der Waals surface area contributed by atoms with E-state index >= 15 is 0 Å². The number of carbonyl (C=O) groups excluding carboxylic acids is 1. The van der Waals surface area contributed by atoms with Crippen molar-refractivity contribution in [3.8, 4) is 5.75 Å².